The molecule has 1 aromatic rings. The van der Waals surface area contributed by atoms with E-state index in [4.69, 9.17) is 9.47 Å². The second kappa shape index (κ2) is 8.76. The van der Waals surface area contributed by atoms with Gasteiger partial charge in [-0.2, -0.15) is 0 Å². The number of carbonyl (C=O) groups is 1. The van der Waals surface area contributed by atoms with Gasteiger partial charge < -0.3 is 14.8 Å². The van der Waals surface area contributed by atoms with Gasteiger partial charge in [-0.1, -0.05) is 25.8 Å². The van der Waals surface area contributed by atoms with Crippen LogP contribution in [0.5, 0.6) is 11.5 Å². The van der Waals surface area contributed by atoms with E-state index in [9.17, 15) is 4.79 Å². The smallest absolute Gasteiger partial charge is 0.234 e. The van der Waals surface area contributed by atoms with Crippen LogP contribution in [0, 0.1) is 5.92 Å². The molecule has 0 unspecified atom stereocenters. The van der Waals surface area contributed by atoms with Gasteiger partial charge in [0.15, 0.2) is 11.5 Å². The molecule has 1 saturated heterocycles. The van der Waals surface area contributed by atoms with Crippen molar-refractivity contribution in [2.45, 2.75) is 57.5 Å². The van der Waals surface area contributed by atoms with Crippen LogP contribution in [-0.2, 0) is 4.79 Å². The minimum absolute atomic E-state index is 0.163. The lowest BCUT2D eigenvalue weighted by Crippen LogP contribution is -2.45. The van der Waals surface area contributed by atoms with Gasteiger partial charge >= 0.3 is 0 Å². The number of hydrogen-bond acceptors (Lipinski definition) is 4. The lowest BCUT2D eigenvalue weighted by atomic mass is 9.86. The molecular formula is C21H32N2O3. The van der Waals surface area contributed by atoms with Crippen molar-refractivity contribution in [3.8, 4) is 11.5 Å². The molecule has 26 heavy (non-hydrogen) atoms. The van der Waals surface area contributed by atoms with Crippen molar-refractivity contribution in [2.75, 3.05) is 27.3 Å². The van der Waals surface area contributed by atoms with Crippen LogP contribution in [0.25, 0.3) is 0 Å². The molecule has 1 N–H and O–H groups in total. The molecule has 2 aliphatic rings. The number of hydrogen-bond donors (Lipinski definition) is 1. The maximum atomic E-state index is 12.6. The highest BCUT2D eigenvalue weighted by atomic mass is 16.5. The lowest BCUT2D eigenvalue weighted by molar-refractivity contribution is -0.123. The second-order valence-corrected chi connectivity index (χ2v) is 7.68. The van der Waals surface area contributed by atoms with E-state index in [2.05, 4.69) is 23.2 Å². The van der Waals surface area contributed by atoms with Crippen molar-refractivity contribution in [2.24, 2.45) is 5.92 Å². The summed E-state index contributed by atoms with van der Waals surface area (Å²) in [5.41, 5.74) is 1.19. The quantitative estimate of drug-likeness (QED) is 0.843. The zero-order chi connectivity index (χ0) is 18.5. The van der Waals surface area contributed by atoms with E-state index in [1.54, 1.807) is 14.2 Å². The van der Waals surface area contributed by atoms with E-state index in [1.807, 2.05) is 12.1 Å². The minimum Gasteiger partial charge on any atom is -0.493 e. The Hall–Kier alpha value is -1.75. The number of ether oxygens (including phenoxy) is 2. The highest BCUT2D eigenvalue weighted by Gasteiger charge is 2.30. The Morgan fingerprint density at radius 3 is 2.62 bits per heavy atom. The van der Waals surface area contributed by atoms with Crippen LogP contribution in [0.1, 0.15) is 57.1 Å². The summed E-state index contributed by atoms with van der Waals surface area (Å²) >= 11 is 0. The summed E-state index contributed by atoms with van der Waals surface area (Å²) < 4.78 is 10.8. The van der Waals surface area contributed by atoms with Crippen LogP contribution in [0.2, 0.25) is 0 Å². The summed E-state index contributed by atoms with van der Waals surface area (Å²) in [4.78, 5) is 14.9. The molecule has 5 heteroatoms. The molecule has 0 radical (unpaired) electrons. The van der Waals surface area contributed by atoms with Crippen molar-refractivity contribution in [3.05, 3.63) is 23.8 Å². The molecule has 0 bridgehead atoms. The van der Waals surface area contributed by atoms with Gasteiger partial charge in [0.05, 0.1) is 20.8 Å². The molecule has 5 nitrogen and oxygen atoms in total. The number of methoxy groups -OCH3 is 2. The molecule has 1 aromatic carbocycles. The average molecular weight is 360 g/mol. The minimum atomic E-state index is 0.163. The molecule has 3 atom stereocenters. The molecule has 0 spiro atoms. The first-order valence-corrected chi connectivity index (χ1v) is 9.87. The largest absolute Gasteiger partial charge is 0.493 e. The topological polar surface area (TPSA) is 50.8 Å². The number of nitrogens with zero attached hydrogens (tertiary/aromatic N) is 1. The number of likely N-dealkylation sites (tertiary alicyclic amines) is 1. The van der Waals surface area contributed by atoms with Gasteiger partial charge in [0.1, 0.15) is 0 Å². The van der Waals surface area contributed by atoms with Crippen molar-refractivity contribution >= 4 is 5.91 Å². The fraction of sp³-hybridized carbons (Fsp3) is 0.667. The third kappa shape index (κ3) is 4.32. The number of nitrogens with one attached hydrogen (secondary N) is 1. The van der Waals surface area contributed by atoms with Gasteiger partial charge in [0.2, 0.25) is 5.91 Å². The van der Waals surface area contributed by atoms with Crippen molar-refractivity contribution < 1.29 is 14.3 Å². The molecule has 144 valence electrons. The predicted octanol–water partition coefficient (Wildman–Crippen LogP) is 3.54. The fourth-order valence-corrected chi connectivity index (χ4v) is 4.42. The van der Waals surface area contributed by atoms with Crippen molar-refractivity contribution in [1.82, 2.24) is 10.2 Å². The van der Waals surface area contributed by atoms with E-state index >= 15 is 0 Å². The zero-order valence-electron chi connectivity index (χ0n) is 16.3. The Bertz CT molecular complexity index is 619. The molecule has 1 amide bonds. The second-order valence-electron chi connectivity index (χ2n) is 7.68. The number of amides is 1. The van der Waals surface area contributed by atoms with Crippen LogP contribution < -0.4 is 14.8 Å². The third-order valence-corrected chi connectivity index (χ3v) is 5.96. The molecule has 3 rings (SSSR count). The summed E-state index contributed by atoms with van der Waals surface area (Å²) in [6, 6.07) is 6.70. The number of benzene rings is 1. The van der Waals surface area contributed by atoms with Gasteiger partial charge in [-0.3, -0.25) is 9.69 Å². The Morgan fingerprint density at radius 2 is 1.88 bits per heavy atom. The molecule has 1 aliphatic carbocycles. The first-order valence-electron chi connectivity index (χ1n) is 9.87. The van der Waals surface area contributed by atoms with E-state index in [0.29, 0.717) is 18.5 Å². The molecule has 2 fully saturated rings. The van der Waals surface area contributed by atoms with Gasteiger partial charge in [0.25, 0.3) is 0 Å². The number of rotatable bonds is 6. The Morgan fingerprint density at radius 1 is 1.12 bits per heavy atom. The van der Waals surface area contributed by atoms with Crippen LogP contribution in [0.3, 0.4) is 0 Å². The van der Waals surface area contributed by atoms with Gasteiger partial charge in [-0.05, 0) is 55.8 Å². The Kier molecular flexibility index (Phi) is 6.41. The summed E-state index contributed by atoms with van der Waals surface area (Å²) in [6.45, 7) is 3.70. The van der Waals surface area contributed by atoms with Crippen LogP contribution >= 0.6 is 0 Å². The molecule has 1 heterocycles. The van der Waals surface area contributed by atoms with Crippen LogP contribution in [-0.4, -0.2) is 44.2 Å². The van der Waals surface area contributed by atoms with Crippen molar-refractivity contribution in [3.63, 3.8) is 0 Å². The lowest BCUT2D eigenvalue weighted by Gasteiger charge is -2.31. The molecule has 1 saturated carbocycles. The standard InChI is InChI=1S/C21H32N2O3/c1-15-7-4-5-8-17(15)22-21(24)14-23-12-6-9-18(23)16-10-11-19(25-2)20(13-16)26-3/h10-11,13,15,17-18H,4-9,12,14H2,1-3H3,(H,22,24)/t15-,17-,18-/m0/s1. The summed E-state index contributed by atoms with van der Waals surface area (Å²) in [7, 11) is 3.31. The van der Waals surface area contributed by atoms with E-state index in [1.165, 1.54) is 24.8 Å². The highest BCUT2D eigenvalue weighted by Crippen LogP contribution is 2.36. The van der Waals surface area contributed by atoms with E-state index in [-0.39, 0.29) is 11.9 Å². The SMILES string of the molecule is COc1ccc([C@@H]2CCCN2CC(=O)N[C@H]2CCCC[C@@H]2C)cc1OC. The normalized spacial score (nSPS) is 26.5. The maximum Gasteiger partial charge on any atom is 0.234 e. The molecular weight excluding hydrogens is 328 g/mol. The van der Waals surface area contributed by atoms with Crippen LogP contribution in [0.4, 0.5) is 0 Å². The average Bonchev–Trinajstić information content (AvgIpc) is 3.11. The Balaban J connectivity index is 1.63. The summed E-state index contributed by atoms with van der Waals surface area (Å²) in [5.74, 6) is 2.24. The highest BCUT2D eigenvalue weighted by molar-refractivity contribution is 5.78. The van der Waals surface area contributed by atoms with Gasteiger partial charge in [-0.15, -0.1) is 0 Å². The fourth-order valence-electron chi connectivity index (χ4n) is 4.42. The van der Waals surface area contributed by atoms with Crippen molar-refractivity contribution in [1.29, 1.82) is 0 Å². The zero-order valence-corrected chi connectivity index (χ0v) is 16.3. The summed E-state index contributed by atoms with van der Waals surface area (Å²) in [5, 5.41) is 3.28. The van der Waals surface area contributed by atoms with Gasteiger partial charge in [0, 0.05) is 12.1 Å². The van der Waals surface area contributed by atoms with E-state index in [0.717, 1.165) is 37.3 Å². The summed E-state index contributed by atoms with van der Waals surface area (Å²) in [6.07, 6.45) is 7.05. The monoisotopic (exact) mass is 360 g/mol. The predicted molar refractivity (Wildman–Crippen MR) is 103 cm³/mol. The number of carbonyl (C=O) groups excluding carboxylic acids is 1. The van der Waals surface area contributed by atoms with Crippen LogP contribution in [0.15, 0.2) is 18.2 Å². The Labute approximate surface area is 157 Å². The van der Waals surface area contributed by atoms with E-state index < -0.39 is 0 Å². The molecule has 1 aliphatic heterocycles. The third-order valence-electron chi connectivity index (χ3n) is 5.96. The maximum absolute atomic E-state index is 12.6. The molecule has 0 aromatic heterocycles. The van der Waals surface area contributed by atoms with Gasteiger partial charge in [-0.25, -0.2) is 0 Å². The first-order chi connectivity index (χ1) is 12.6. The first kappa shape index (κ1) is 19.0.